The minimum absolute atomic E-state index is 0.0551. The number of imidazole rings is 1. The number of aromatic nitrogens is 3. The van der Waals surface area contributed by atoms with Crippen molar-refractivity contribution in [2.24, 2.45) is 0 Å². The monoisotopic (exact) mass is 436 g/mol. The van der Waals surface area contributed by atoms with Crippen molar-refractivity contribution < 1.29 is 4.79 Å². The van der Waals surface area contributed by atoms with E-state index in [1.807, 2.05) is 67.7 Å². The van der Waals surface area contributed by atoms with E-state index in [0.717, 1.165) is 32.5 Å². The van der Waals surface area contributed by atoms with Crippen LogP contribution in [0.15, 0.2) is 72.1 Å². The number of thioether (sulfide) groups is 1. The fourth-order valence-corrected chi connectivity index (χ4v) is 4.24. The summed E-state index contributed by atoms with van der Waals surface area (Å²) < 4.78 is 2.17. The summed E-state index contributed by atoms with van der Waals surface area (Å²) in [5, 5.41) is 4.49. The Morgan fingerprint density at radius 3 is 2.53 bits per heavy atom. The van der Waals surface area contributed by atoms with Crippen LogP contribution in [-0.4, -0.2) is 27.0 Å². The van der Waals surface area contributed by atoms with E-state index in [0.29, 0.717) is 18.7 Å². The number of nitrogens with zero attached hydrogens (tertiary/aromatic N) is 3. The Labute approximate surface area is 184 Å². The van der Waals surface area contributed by atoms with E-state index >= 15 is 0 Å². The summed E-state index contributed by atoms with van der Waals surface area (Å²) in [6, 6.07) is 17.5. The Morgan fingerprint density at radius 2 is 1.80 bits per heavy atom. The maximum Gasteiger partial charge on any atom is 0.251 e. The molecule has 30 heavy (non-hydrogen) atoms. The molecule has 0 saturated carbocycles. The molecule has 0 aliphatic carbocycles. The average molecular weight is 437 g/mol. The van der Waals surface area contributed by atoms with Crippen LogP contribution in [0.2, 0.25) is 5.02 Å². The van der Waals surface area contributed by atoms with Crippen LogP contribution in [-0.2, 0) is 12.3 Å². The molecule has 5 nitrogen and oxygen atoms in total. The van der Waals surface area contributed by atoms with Gasteiger partial charge in [-0.3, -0.25) is 9.78 Å². The van der Waals surface area contributed by atoms with Gasteiger partial charge in [-0.1, -0.05) is 47.6 Å². The summed E-state index contributed by atoms with van der Waals surface area (Å²) in [5.41, 5.74) is 4.86. The van der Waals surface area contributed by atoms with Gasteiger partial charge in [-0.25, -0.2) is 4.98 Å². The molecule has 152 valence electrons. The number of pyridine rings is 1. The van der Waals surface area contributed by atoms with Crippen molar-refractivity contribution in [3.63, 3.8) is 0 Å². The fourth-order valence-electron chi connectivity index (χ4n) is 3.15. The first kappa shape index (κ1) is 20.4. The van der Waals surface area contributed by atoms with Gasteiger partial charge in [0.25, 0.3) is 5.91 Å². The zero-order valence-electron chi connectivity index (χ0n) is 16.5. The standard InChI is InChI=1S/C23H21ClN4OS/c1-2-26-22(29)18-7-3-16(4-8-18)14-28-21-13-25-12-11-20(21)27-23(28)30-15-17-5-9-19(24)10-6-17/h3-13H,2,14-15H2,1H3,(H,26,29). The number of carbonyl (C=O) groups excluding carboxylic acids is 1. The third-order valence-corrected chi connectivity index (χ3v) is 5.99. The van der Waals surface area contributed by atoms with Crippen molar-refractivity contribution in [1.29, 1.82) is 0 Å². The highest BCUT2D eigenvalue weighted by Gasteiger charge is 2.13. The molecule has 4 aromatic rings. The summed E-state index contributed by atoms with van der Waals surface area (Å²) in [6.45, 7) is 3.18. The van der Waals surface area contributed by atoms with Crippen molar-refractivity contribution in [3.8, 4) is 0 Å². The van der Waals surface area contributed by atoms with Gasteiger partial charge < -0.3 is 9.88 Å². The molecule has 0 bridgehead atoms. The Morgan fingerprint density at radius 1 is 1.07 bits per heavy atom. The number of halogens is 1. The number of carbonyl (C=O) groups is 1. The number of amides is 1. The third kappa shape index (κ3) is 4.66. The van der Waals surface area contributed by atoms with Gasteiger partial charge in [0.15, 0.2) is 5.16 Å². The van der Waals surface area contributed by atoms with Crippen LogP contribution in [0.3, 0.4) is 0 Å². The molecule has 2 heterocycles. The first-order chi connectivity index (χ1) is 14.6. The summed E-state index contributed by atoms with van der Waals surface area (Å²) in [4.78, 5) is 21.1. The van der Waals surface area contributed by atoms with E-state index in [1.165, 1.54) is 5.56 Å². The number of benzene rings is 2. The second-order valence-corrected chi connectivity index (χ2v) is 8.20. The molecule has 0 atom stereocenters. The highest BCUT2D eigenvalue weighted by molar-refractivity contribution is 7.98. The van der Waals surface area contributed by atoms with Crippen molar-refractivity contribution >= 4 is 40.3 Å². The van der Waals surface area contributed by atoms with Crippen molar-refractivity contribution in [2.75, 3.05) is 6.54 Å². The summed E-state index contributed by atoms with van der Waals surface area (Å²) in [7, 11) is 0. The summed E-state index contributed by atoms with van der Waals surface area (Å²) in [5.74, 6) is 0.741. The Kier molecular flexibility index (Phi) is 6.35. The predicted molar refractivity (Wildman–Crippen MR) is 122 cm³/mol. The van der Waals surface area contributed by atoms with E-state index in [1.54, 1.807) is 18.0 Å². The lowest BCUT2D eigenvalue weighted by Crippen LogP contribution is -2.22. The molecule has 0 unspecified atom stereocenters. The van der Waals surface area contributed by atoms with Crippen LogP contribution in [0.25, 0.3) is 11.0 Å². The largest absolute Gasteiger partial charge is 0.352 e. The van der Waals surface area contributed by atoms with E-state index in [4.69, 9.17) is 16.6 Å². The molecular weight excluding hydrogens is 416 g/mol. The smallest absolute Gasteiger partial charge is 0.251 e. The molecule has 4 rings (SSSR count). The first-order valence-corrected chi connectivity index (χ1v) is 11.0. The molecule has 2 aromatic carbocycles. The Bertz CT molecular complexity index is 1160. The van der Waals surface area contributed by atoms with Crippen LogP contribution >= 0.6 is 23.4 Å². The Hall–Kier alpha value is -2.83. The lowest BCUT2D eigenvalue weighted by atomic mass is 10.1. The molecular formula is C23H21ClN4OS. The van der Waals surface area contributed by atoms with Gasteiger partial charge in [-0.15, -0.1) is 0 Å². The number of nitrogens with one attached hydrogen (secondary N) is 1. The molecule has 0 aliphatic heterocycles. The average Bonchev–Trinajstić information content (AvgIpc) is 3.11. The number of fused-ring (bicyclic) bond motifs is 1. The molecule has 1 N–H and O–H groups in total. The van der Waals surface area contributed by atoms with E-state index in [9.17, 15) is 4.79 Å². The maximum atomic E-state index is 12.0. The van der Waals surface area contributed by atoms with E-state index in [2.05, 4.69) is 14.9 Å². The minimum Gasteiger partial charge on any atom is -0.352 e. The maximum absolute atomic E-state index is 12.0. The fraction of sp³-hybridized carbons (Fsp3) is 0.174. The van der Waals surface area contributed by atoms with Gasteiger partial charge in [-0.05, 0) is 48.4 Å². The highest BCUT2D eigenvalue weighted by Crippen LogP contribution is 2.28. The van der Waals surface area contributed by atoms with Crippen LogP contribution < -0.4 is 5.32 Å². The Balaban J connectivity index is 1.58. The summed E-state index contributed by atoms with van der Waals surface area (Å²) >= 11 is 7.67. The second-order valence-electron chi connectivity index (χ2n) is 6.82. The molecule has 1 amide bonds. The van der Waals surface area contributed by atoms with Crippen LogP contribution in [0.1, 0.15) is 28.4 Å². The normalized spacial score (nSPS) is 11.0. The van der Waals surface area contributed by atoms with Gasteiger partial charge in [0.1, 0.15) is 0 Å². The lowest BCUT2D eigenvalue weighted by molar-refractivity contribution is 0.0956. The minimum atomic E-state index is -0.0551. The molecule has 7 heteroatoms. The van der Waals surface area contributed by atoms with Gasteiger partial charge in [0.2, 0.25) is 0 Å². The van der Waals surface area contributed by atoms with E-state index < -0.39 is 0 Å². The van der Waals surface area contributed by atoms with Gasteiger partial charge in [0, 0.05) is 29.1 Å². The van der Waals surface area contributed by atoms with Crippen LogP contribution in [0, 0.1) is 0 Å². The molecule has 0 saturated heterocycles. The molecule has 0 aliphatic rings. The van der Waals surface area contributed by atoms with Crippen LogP contribution in [0.4, 0.5) is 0 Å². The SMILES string of the molecule is CCNC(=O)c1ccc(Cn2c(SCc3ccc(Cl)cc3)nc3ccncc32)cc1. The van der Waals surface area contributed by atoms with Gasteiger partial charge >= 0.3 is 0 Å². The third-order valence-electron chi connectivity index (χ3n) is 4.69. The van der Waals surface area contributed by atoms with Crippen molar-refractivity contribution in [3.05, 3.63) is 88.7 Å². The number of rotatable bonds is 7. The number of hydrogen-bond donors (Lipinski definition) is 1. The highest BCUT2D eigenvalue weighted by atomic mass is 35.5. The van der Waals surface area contributed by atoms with Gasteiger partial charge in [0.05, 0.1) is 23.8 Å². The first-order valence-electron chi connectivity index (χ1n) is 9.68. The summed E-state index contributed by atoms with van der Waals surface area (Å²) in [6.07, 6.45) is 3.60. The lowest BCUT2D eigenvalue weighted by Gasteiger charge is -2.10. The van der Waals surface area contributed by atoms with Crippen LogP contribution in [0.5, 0.6) is 0 Å². The van der Waals surface area contributed by atoms with Gasteiger partial charge in [-0.2, -0.15) is 0 Å². The zero-order chi connectivity index (χ0) is 20.9. The topological polar surface area (TPSA) is 59.8 Å². The van der Waals surface area contributed by atoms with Crippen molar-refractivity contribution in [2.45, 2.75) is 24.4 Å². The molecule has 0 spiro atoms. The molecule has 0 radical (unpaired) electrons. The molecule has 0 fully saturated rings. The van der Waals surface area contributed by atoms with E-state index in [-0.39, 0.29) is 5.91 Å². The predicted octanol–water partition coefficient (Wildman–Crippen LogP) is 5.18. The quantitative estimate of drug-likeness (QED) is 0.406. The molecule has 2 aromatic heterocycles. The zero-order valence-corrected chi connectivity index (χ0v) is 18.1. The van der Waals surface area contributed by atoms with Crippen molar-refractivity contribution in [1.82, 2.24) is 19.9 Å². The number of hydrogen-bond acceptors (Lipinski definition) is 4. The second kappa shape index (κ2) is 9.32.